The van der Waals surface area contributed by atoms with E-state index in [9.17, 15) is 4.79 Å². The lowest BCUT2D eigenvalue weighted by Gasteiger charge is -2.31. The molecule has 7 heteroatoms. The van der Waals surface area contributed by atoms with Crippen molar-refractivity contribution in [2.24, 2.45) is 5.10 Å². The number of rotatable bonds is 4. The van der Waals surface area contributed by atoms with Crippen molar-refractivity contribution in [2.75, 3.05) is 33.4 Å². The molecule has 0 saturated carbocycles. The lowest BCUT2D eigenvalue weighted by Crippen LogP contribution is -2.36. The molecular formula is C19H22ClN3O3. The summed E-state index contributed by atoms with van der Waals surface area (Å²) in [6, 6.07) is 7.81. The number of allylic oxidation sites excluding steroid dienone is 2. The summed E-state index contributed by atoms with van der Waals surface area (Å²) >= 11 is 5.98. The van der Waals surface area contributed by atoms with Gasteiger partial charge in [-0.25, -0.2) is 10.2 Å². The van der Waals surface area contributed by atoms with E-state index in [1.165, 1.54) is 18.4 Å². The van der Waals surface area contributed by atoms with Crippen LogP contribution in [0.15, 0.2) is 46.2 Å². The summed E-state index contributed by atoms with van der Waals surface area (Å²) < 4.78 is 10.0. The van der Waals surface area contributed by atoms with Crippen LogP contribution in [0.1, 0.15) is 18.4 Å². The fraction of sp³-hybridized carbons (Fsp3) is 0.368. The number of ether oxygens (including phenoxy) is 2. The minimum atomic E-state index is -0.579. The highest BCUT2D eigenvalue weighted by Gasteiger charge is 2.25. The molecular weight excluding hydrogens is 354 g/mol. The highest BCUT2D eigenvalue weighted by molar-refractivity contribution is 6.30. The second-order valence-corrected chi connectivity index (χ2v) is 6.49. The zero-order chi connectivity index (χ0) is 18.4. The van der Waals surface area contributed by atoms with E-state index < -0.39 is 6.09 Å². The number of nitrogens with one attached hydrogen (secondary N) is 1. The lowest BCUT2D eigenvalue weighted by molar-refractivity contribution is 0.0548. The maximum Gasteiger partial charge on any atom is 0.427 e. The number of methoxy groups -OCH3 is 1. The molecule has 1 N–H and O–H groups in total. The summed E-state index contributed by atoms with van der Waals surface area (Å²) in [5, 5.41) is 4.74. The third-order valence-electron chi connectivity index (χ3n) is 4.37. The van der Waals surface area contributed by atoms with Crippen molar-refractivity contribution in [3.8, 4) is 0 Å². The monoisotopic (exact) mass is 375 g/mol. The van der Waals surface area contributed by atoms with Gasteiger partial charge in [0.2, 0.25) is 0 Å². The Bertz CT molecular complexity index is 735. The SMILES string of the molecule is COC(=O)NN=CC1=C(N2CCOCC2)/C(=C/c2ccc(Cl)cc2)CC1. The van der Waals surface area contributed by atoms with Gasteiger partial charge < -0.3 is 14.4 Å². The molecule has 6 nitrogen and oxygen atoms in total. The standard InChI is InChI=1S/C19H22ClN3O3/c1-25-19(24)22-21-13-16-5-4-15(12-14-2-6-17(20)7-3-14)18(16)23-8-10-26-11-9-23/h2-3,6-7,12-13H,4-5,8-11H2,1H3,(H,22,24)/b15-12+,21-13?. The van der Waals surface area contributed by atoms with Crippen LogP contribution in [0.2, 0.25) is 5.02 Å². The van der Waals surface area contributed by atoms with Gasteiger partial charge in [0.1, 0.15) is 0 Å². The number of hydrogen-bond donors (Lipinski definition) is 1. The van der Waals surface area contributed by atoms with Crippen molar-refractivity contribution in [3.05, 3.63) is 51.7 Å². The molecule has 0 aromatic heterocycles. The van der Waals surface area contributed by atoms with Gasteiger partial charge in [0.15, 0.2) is 0 Å². The third-order valence-corrected chi connectivity index (χ3v) is 4.62. The first kappa shape index (κ1) is 18.5. The van der Waals surface area contributed by atoms with Crippen LogP contribution in [0.5, 0.6) is 0 Å². The van der Waals surface area contributed by atoms with Gasteiger partial charge in [0.05, 0.1) is 26.5 Å². The van der Waals surface area contributed by atoms with Gasteiger partial charge in [-0.1, -0.05) is 23.7 Å². The molecule has 0 atom stereocenters. The van der Waals surface area contributed by atoms with Crippen molar-refractivity contribution < 1.29 is 14.3 Å². The molecule has 0 unspecified atom stereocenters. The van der Waals surface area contributed by atoms with E-state index in [1.807, 2.05) is 24.3 Å². The fourth-order valence-electron chi connectivity index (χ4n) is 3.14. The first-order valence-corrected chi connectivity index (χ1v) is 8.94. The number of hydrazone groups is 1. The van der Waals surface area contributed by atoms with E-state index in [2.05, 4.69) is 26.2 Å². The number of nitrogens with zero attached hydrogens (tertiary/aromatic N) is 2. The van der Waals surface area contributed by atoms with Gasteiger partial charge in [-0.15, -0.1) is 0 Å². The van der Waals surface area contributed by atoms with Gasteiger partial charge in [-0.05, 0) is 47.8 Å². The molecule has 1 amide bonds. The van der Waals surface area contributed by atoms with Crippen molar-refractivity contribution in [1.29, 1.82) is 0 Å². The average molecular weight is 376 g/mol. The Hall–Kier alpha value is -2.31. The number of carbonyl (C=O) groups excluding carboxylic acids is 1. The number of halogens is 1. The number of benzene rings is 1. The summed E-state index contributed by atoms with van der Waals surface area (Å²) in [5.41, 5.74) is 7.00. The normalized spacial score (nSPS) is 19.5. The zero-order valence-electron chi connectivity index (χ0n) is 14.7. The molecule has 1 fully saturated rings. The minimum absolute atomic E-state index is 0.579. The summed E-state index contributed by atoms with van der Waals surface area (Å²) in [6.07, 6.45) is 5.12. The molecule has 1 saturated heterocycles. The first-order valence-electron chi connectivity index (χ1n) is 8.57. The second kappa shape index (κ2) is 8.87. The smallest absolute Gasteiger partial charge is 0.427 e. The molecule has 1 aliphatic heterocycles. The Morgan fingerprint density at radius 1 is 1.27 bits per heavy atom. The number of carbonyl (C=O) groups is 1. The van der Waals surface area contributed by atoms with Crippen LogP contribution in [0.3, 0.4) is 0 Å². The Morgan fingerprint density at radius 2 is 2.00 bits per heavy atom. The summed E-state index contributed by atoms with van der Waals surface area (Å²) in [6.45, 7) is 3.11. The summed E-state index contributed by atoms with van der Waals surface area (Å²) in [4.78, 5) is 13.5. The topological polar surface area (TPSA) is 63.2 Å². The Kier molecular flexibility index (Phi) is 6.30. The molecule has 0 spiro atoms. The van der Waals surface area contributed by atoms with Gasteiger partial charge >= 0.3 is 6.09 Å². The summed E-state index contributed by atoms with van der Waals surface area (Å²) in [5.74, 6) is 0. The van der Waals surface area contributed by atoms with Crippen molar-refractivity contribution in [3.63, 3.8) is 0 Å². The van der Waals surface area contributed by atoms with Gasteiger partial charge in [0, 0.05) is 23.8 Å². The van der Waals surface area contributed by atoms with Crippen LogP contribution >= 0.6 is 11.6 Å². The molecule has 3 rings (SSSR count). The molecule has 1 aromatic carbocycles. The van der Waals surface area contributed by atoms with Crippen molar-refractivity contribution in [1.82, 2.24) is 10.3 Å². The average Bonchev–Trinajstić information content (AvgIpc) is 3.06. The molecule has 2 aliphatic rings. The predicted molar refractivity (Wildman–Crippen MR) is 102 cm³/mol. The van der Waals surface area contributed by atoms with E-state index in [0.29, 0.717) is 13.2 Å². The van der Waals surface area contributed by atoms with Crippen LogP contribution in [-0.2, 0) is 9.47 Å². The van der Waals surface area contributed by atoms with E-state index >= 15 is 0 Å². The molecule has 0 radical (unpaired) electrons. The quantitative estimate of drug-likeness (QED) is 0.646. The maximum atomic E-state index is 11.2. The van der Waals surface area contributed by atoms with Crippen LogP contribution in [0.4, 0.5) is 4.79 Å². The maximum absolute atomic E-state index is 11.2. The van der Waals surface area contributed by atoms with E-state index in [1.54, 1.807) is 6.21 Å². The highest BCUT2D eigenvalue weighted by atomic mass is 35.5. The van der Waals surface area contributed by atoms with Gasteiger partial charge in [-0.2, -0.15) is 5.10 Å². The minimum Gasteiger partial charge on any atom is -0.452 e. The molecule has 1 aromatic rings. The summed E-state index contributed by atoms with van der Waals surface area (Å²) in [7, 11) is 1.31. The molecule has 26 heavy (non-hydrogen) atoms. The van der Waals surface area contributed by atoms with E-state index in [4.69, 9.17) is 16.3 Å². The largest absolute Gasteiger partial charge is 0.452 e. The Morgan fingerprint density at radius 3 is 2.69 bits per heavy atom. The lowest BCUT2D eigenvalue weighted by atomic mass is 10.1. The molecule has 1 aliphatic carbocycles. The molecule has 138 valence electrons. The number of morpholine rings is 1. The number of hydrogen-bond acceptors (Lipinski definition) is 5. The number of amides is 1. The molecule has 1 heterocycles. The Balaban J connectivity index is 1.88. The second-order valence-electron chi connectivity index (χ2n) is 6.06. The zero-order valence-corrected chi connectivity index (χ0v) is 15.5. The van der Waals surface area contributed by atoms with E-state index in [-0.39, 0.29) is 0 Å². The molecule has 0 bridgehead atoms. The van der Waals surface area contributed by atoms with Gasteiger partial charge in [0.25, 0.3) is 0 Å². The van der Waals surface area contributed by atoms with Crippen molar-refractivity contribution in [2.45, 2.75) is 12.8 Å². The predicted octanol–water partition coefficient (Wildman–Crippen LogP) is 3.45. The van der Waals surface area contributed by atoms with Crippen LogP contribution in [0, 0.1) is 0 Å². The van der Waals surface area contributed by atoms with Gasteiger partial charge in [-0.3, -0.25) is 0 Å². The highest BCUT2D eigenvalue weighted by Crippen LogP contribution is 2.35. The third kappa shape index (κ3) is 4.65. The van der Waals surface area contributed by atoms with Crippen LogP contribution in [0.25, 0.3) is 6.08 Å². The first-order chi connectivity index (χ1) is 12.7. The van der Waals surface area contributed by atoms with Crippen molar-refractivity contribution >= 4 is 30.0 Å². The van der Waals surface area contributed by atoms with E-state index in [0.717, 1.165) is 42.1 Å². The van der Waals surface area contributed by atoms with Crippen LogP contribution < -0.4 is 5.43 Å². The Labute approximate surface area is 158 Å². The van der Waals surface area contributed by atoms with Crippen LogP contribution in [-0.4, -0.2) is 50.6 Å². The fourth-order valence-corrected chi connectivity index (χ4v) is 3.27.